The molecule has 0 saturated carbocycles. The van der Waals surface area contributed by atoms with Crippen molar-refractivity contribution in [1.29, 1.82) is 0 Å². The van der Waals surface area contributed by atoms with E-state index >= 15 is 0 Å². The van der Waals surface area contributed by atoms with Crippen molar-refractivity contribution in [2.45, 2.75) is 6.29 Å². The molecule has 2 radical (unpaired) electrons. The van der Waals surface area contributed by atoms with Gasteiger partial charge in [0.25, 0.3) is 0 Å². The van der Waals surface area contributed by atoms with E-state index in [1.807, 2.05) is 0 Å². The molecule has 0 aromatic heterocycles. The Morgan fingerprint density at radius 3 is 1.38 bits per heavy atom. The Kier molecular flexibility index (Phi) is 47.3. The predicted octanol–water partition coefficient (Wildman–Crippen LogP) is -6.22. The Hall–Kier alpha value is 3.44. The van der Waals surface area contributed by atoms with Gasteiger partial charge >= 0.3 is 0 Å². The number of hydrogen-bond acceptors (Lipinski definition) is 2. The molecule has 0 rings (SSSR count). The molecule has 0 bridgehead atoms. The summed E-state index contributed by atoms with van der Waals surface area (Å²) in [5.41, 5.74) is 3.19. The first kappa shape index (κ1) is 22.5. The van der Waals surface area contributed by atoms with Gasteiger partial charge in [0.05, 0.1) is 0 Å². The van der Waals surface area contributed by atoms with Crippen LogP contribution in [0.3, 0.4) is 0 Å². The van der Waals surface area contributed by atoms with Gasteiger partial charge in [0, 0.05) is 103 Å². The molecule has 0 heterocycles. The number of rotatable bonds is 1. The zero-order chi connectivity index (χ0) is 4.28. The van der Waals surface area contributed by atoms with Crippen molar-refractivity contribution in [2.75, 3.05) is 6.54 Å². The summed E-state index contributed by atoms with van der Waals surface area (Å²) >= 11 is 0. The van der Waals surface area contributed by atoms with Crippen molar-refractivity contribution in [3.05, 3.63) is 0 Å². The summed E-state index contributed by atoms with van der Waals surface area (Å²) in [5, 5.41) is 15.7. The Morgan fingerprint density at radius 2 is 1.38 bits per heavy atom. The SMILES string of the molecule is [Cl-].[K].[K].[NH3+]CC(O)O. The molecule has 0 saturated heterocycles. The quantitative estimate of drug-likeness (QED) is 0.285. The molecule has 0 aliphatic carbocycles. The van der Waals surface area contributed by atoms with Crippen LogP contribution in [0.4, 0.5) is 0 Å². The summed E-state index contributed by atoms with van der Waals surface area (Å²) in [6, 6.07) is 0. The number of aliphatic hydroxyl groups is 2. The molecule has 0 atom stereocenters. The van der Waals surface area contributed by atoms with Crippen LogP contribution in [0.15, 0.2) is 0 Å². The Bertz CT molecular complexity index is 32.0. The molecule has 42 valence electrons. The van der Waals surface area contributed by atoms with Crippen molar-refractivity contribution in [3.8, 4) is 0 Å². The van der Waals surface area contributed by atoms with Crippen molar-refractivity contribution < 1.29 is 28.4 Å². The molecular weight excluding hydrogens is 184 g/mol. The van der Waals surface area contributed by atoms with Crippen LogP contribution in [0.5, 0.6) is 0 Å². The maximum atomic E-state index is 7.85. The van der Waals surface area contributed by atoms with Crippen LogP contribution in [0.1, 0.15) is 0 Å². The van der Waals surface area contributed by atoms with Gasteiger partial charge in [-0.3, -0.25) is 0 Å². The first-order valence-electron chi connectivity index (χ1n) is 1.42. The molecule has 0 aromatic carbocycles. The van der Waals surface area contributed by atoms with Gasteiger partial charge in [-0.25, -0.2) is 0 Å². The van der Waals surface area contributed by atoms with Gasteiger partial charge in [-0.15, -0.1) is 0 Å². The van der Waals surface area contributed by atoms with Gasteiger partial charge in [0.2, 0.25) is 6.29 Å². The second-order valence-electron chi connectivity index (χ2n) is 0.769. The summed E-state index contributed by atoms with van der Waals surface area (Å²) in [7, 11) is 0. The van der Waals surface area contributed by atoms with Crippen molar-refractivity contribution in [1.82, 2.24) is 0 Å². The third kappa shape index (κ3) is 22.7. The number of aliphatic hydroxyl groups excluding tert-OH is 1. The fourth-order valence-electron chi connectivity index (χ4n) is 0. The largest absolute Gasteiger partial charge is 1.00 e. The zero-order valence-corrected chi connectivity index (χ0v) is 12.3. The number of hydrogen-bond donors (Lipinski definition) is 3. The molecule has 0 spiro atoms. The van der Waals surface area contributed by atoms with Crippen LogP contribution in [-0.4, -0.2) is 126 Å². The van der Waals surface area contributed by atoms with E-state index in [1.165, 1.54) is 0 Å². The monoisotopic (exact) mass is 191 g/mol. The van der Waals surface area contributed by atoms with Crippen LogP contribution in [0.2, 0.25) is 0 Å². The second kappa shape index (κ2) is 16.8. The average molecular weight is 192 g/mol. The van der Waals surface area contributed by atoms with E-state index in [9.17, 15) is 0 Å². The third-order valence-corrected chi connectivity index (χ3v) is 0.258. The van der Waals surface area contributed by atoms with Gasteiger partial charge in [-0.2, -0.15) is 0 Å². The van der Waals surface area contributed by atoms with Crippen LogP contribution in [0.25, 0.3) is 0 Å². The summed E-state index contributed by atoms with van der Waals surface area (Å²) in [5.74, 6) is 0. The summed E-state index contributed by atoms with van der Waals surface area (Å²) in [6.07, 6.45) is -1.23. The molecule has 0 aromatic rings. The van der Waals surface area contributed by atoms with Crippen molar-refractivity contribution in [2.24, 2.45) is 0 Å². The molecule has 6 heteroatoms. The van der Waals surface area contributed by atoms with E-state index < -0.39 is 6.29 Å². The molecule has 3 nitrogen and oxygen atoms in total. The first-order chi connectivity index (χ1) is 2.27. The van der Waals surface area contributed by atoms with Gasteiger partial charge in [-0.1, -0.05) is 0 Å². The first-order valence-corrected chi connectivity index (χ1v) is 1.42. The summed E-state index contributed by atoms with van der Waals surface area (Å²) < 4.78 is 0. The van der Waals surface area contributed by atoms with Crippen LogP contribution < -0.4 is 18.1 Å². The standard InChI is InChI=1S/C2H7NO2.ClH.2K/c3-1-2(4)5;;;/h2,4-5H,1,3H2;1H;;. The second-order valence-corrected chi connectivity index (χ2v) is 0.769. The molecule has 0 unspecified atom stereocenters. The van der Waals surface area contributed by atoms with Gasteiger partial charge < -0.3 is 28.4 Å². The molecule has 0 fully saturated rings. The molecular formula is C2H8ClK2NO2. The number of quaternary nitrogens is 1. The molecule has 8 heavy (non-hydrogen) atoms. The maximum Gasteiger partial charge on any atom is 0.202 e. The van der Waals surface area contributed by atoms with E-state index in [-0.39, 0.29) is 122 Å². The third-order valence-electron chi connectivity index (χ3n) is 0.258. The Labute approximate surface area is 140 Å². The van der Waals surface area contributed by atoms with Gasteiger partial charge in [0.1, 0.15) is 6.54 Å². The normalized spacial score (nSPS) is 6.00. The maximum absolute atomic E-state index is 7.85. The van der Waals surface area contributed by atoms with Crippen molar-refractivity contribution >= 4 is 103 Å². The molecule has 0 amide bonds. The van der Waals surface area contributed by atoms with E-state index in [0.717, 1.165) is 0 Å². The fourth-order valence-corrected chi connectivity index (χ4v) is 0. The van der Waals surface area contributed by atoms with Crippen LogP contribution >= 0.6 is 0 Å². The van der Waals surface area contributed by atoms with E-state index in [0.29, 0.717) is 0 Å². The summed E-state index contributed by atoms with van der Waals surface area (Å²) in [6.45, 7) is 0.167. The van der Waals surface area contributed by atoms with Gasteiger partial charge in [-0.05, 0) is 0 Å². The van der Waals surface area contributed by atoms with Crippen LogP contribution in [-0.2, 0) is 0 Å². The Morgan fingerprint density at radius 1 is 1.25 bits per heavy atom. The van der Waals surface area contributed by atoms with Crippen LogP contribution in [0, 0.1) is 0 Å². The summed E-state index contributed by atoms with van der Waals surface area (Å²) in [4.78, 5) is 0. The van der Waals surface area contributed by atoms with E-state index in [1.54, 1.807) is 0 Å². The zero-order valence-electron chi connectivity index (χ0n) is 5.26. The minimum atomic E-state index is -1.23. The Balaban J connectivity index is -0.0000000267. The smallest absolute Gasteiger partial charge is 0.202 e. The minimum Gasteiger partial charge on any atom is -1.00 e. The minimum absolute atomic E-state index is 0. The fraction of sp³-hybridized carbons (Fsp3) is 1.00. The predicted molar refractivity (Wildman–Crippen MR) is 27.5 cm³/mol. The van der Waals surface area contributed by atoms with Gasteiger partial charge in [0.15, 0.2) is 0 Å². The molecule has 5 N–H and O–H groups in total. The average Bonchev–Trinajstić information content (AvgIpc) is 1.38. The molecule has 0 aliphatic heterocycles. The van der Waals surface area contributed by atoms with E-state index in [2.05, 4.69) is 5.73 Å². The number of halogens is 1. The van der Waals surface area contributed by atoms with E-state index in [4.69, 9.17) is 10.2 Å². The van der Waals surface area contributed by atoms with Crippen molar-refractivity contribution in [3.63, 3.8) is 0 Å². The topological polar surface area (TPSA) is 68.1 Å². The molecule has 0 aliphatic rings.